The number of carbonyl (C=O) groups excluding carboxylic acids is 1. The first-order valence-corrected chi connectivity index (χ1v) is 7.39. The van der Waals surface area contributed by atoms with Crippen molar-refractivity contribution in [3.05, 3.63) is 69.9 Å². The average Bonchev–Trinajstić information content (AvgIpc) is 2.89. The first kappa shape index (κ1) is 13.9. The number of fused-ring (bicyclic) bond motifs is 1. The number of hydrogen-bond acceptors (Lipinski definition) is 1. The molecular formula is C18H16ClNO. The smallest absolute Gasteiger partial charge is 0.195 e. The van der Waals surface area contributed by atoms with Gasteiger partial charge in [0, 0.05) is 33.2 Å². The van der Waals surface area contributed by atoms with Gasteiger partial charge in [-0.25, -0.2) is 0 Å². The van der Waals surface area contributed by atoms with Gasteiger partial charge in [-0.1, -0.05) is 36.7 Å². The lowest BCUT2D eigenvalue weighted by molar-refractivity contribution is 0.104. The third kappa shape index (κ3) is 2.47. The molecule has 1 heterocycles. The lowest BCUT2D eigenvalue weighted by atomic mass is 10.00. The van der Waals surface area contributed by atoms with E-state index in [1.54, 1.807) is 12.3 Å². The maximum atomic E-state index is 12.7. The van der Waals surface area contributed by atoms with E-state index < -0.39 is 0 Å². The fourth-order valence-electron chi connectivity index (χ4n) is 2.72. The van der Waals surface area contributed by atoms with Crippen molar-refractivity contribution in [2.75, 3.05) is 0 Å². The van der Waals surface area contributed by atoms with Crippen molar-refractivity contribution < 1.29 is 4.79 Å². The molecule has 106 valence electrons. The largest absolute Gasteiger partial charge is 0.360 e. The number of benzene rings is 2. The second-order valence-electron chi connectivity index (χ2n) is 5.24. The maximum absolute atomic E-state index is 12.7. The number of aromatic amines is 1. The molecule has 2 aromatic carbocycles. The minimum atomic E-state index is 0.0000954. The van der Waals surface area contributed by atoms with Gasteiger partial charge in [0.2, 0.25) is 0 Å². The second-order valence-corrected chi connectivity index (χ2v) is 5.68. The van der Waals surface area contributed by atoms with Gasteiger partial charge in [0.1, 0.15) is 0 Å². The van der Waals surface area contributed by atoms with Crippen LogP contribution in [0.1, 0.15) is 34.0 Å². The van der Waals surface area contributed by atoms with Crippen molar-refractivity contribution in [3.63, 3.8) is 0 Å². The number of ketones is 1. The number of aryl methyl sites for hydroxylation is 2. The summed E-state index contributed by atoms with van der Waals surface area (Å²) in [4.78, 5) is 16.0. The monoisotopic (exact) mass is 297 g/mol. The minimum absolute atomic E-state index is 0.0000954. The van der Waals surface area contributed by atoms with Crippen LogP contribution in [0, 0.1) is 6.92 Å². The summed E-state index contributed by atoms with van der Waals surface area (Å²) in [6, 6.07) is 11.5. The van der Waals surface area contributed by atoms with Gasteiger partial charge in [0.05, 0.1) is 0 Å². The first-order valence-electron chi connectivity index (χ1n) is 7.01. The predicted octanol–water partition coefficient (Wildman–Crippen LogP) is 4.92. The number of nitrogens with one attached hydrogen (secondary N) is 1. The van der Waals surface area contributed by atoms with Crippen LogP contribution in [0.2, 0.25) is 5.02 Å². The van der Waals surface area contributed by atoms with E-state index in [9.17, 15) is 4.79 Å². The highest BCUT2D eigenvalue weighted by Crippen LogP contribution is 2.25. The zero-order valence-corrected chi connectivity index (χ0v) is 12.8. The van der Waals surface area contributed by atoms with E-state index in [0.29, 0.717) is 16.1 Å². The lowest BCUT2D eigenvalue weighted by Crippen LogP contribution is -2.01. The molecule has 1 aromatic heterocycles. The Kier molecular flexibility index (Phi) is 3.56. The number of para-hydroxylation sites is 1. The molecule has 0 amide bonds. The van der Waals surface area contributed by atoms with E-state index in [4.69, 9.17) is 11.6 Å². The molecule has 3 heteroatoms. The van der Waals surface area contributed by atoms with Crippen LogP contribution in [0.25, 0.3) is 10.9 Å². The average molecular weight is 298 g/mol. The Morgan fingerprint density at radius 1 is 1.24 bits per heavy atom. The highest BCUT2D eigenvalue weighted by molar-refractivity contribution is 6.31. The summed E-state index contributed by atoms with van der Waals surface area (Å²) < 4.78 is 0. The molecule has 0 aliphatic heterocycles. The van der Waals surface area contributed by atoms with Gasteiger partial charge < -0.3 is 4.98 Å². The molecule has 0 saturated carbocycles. The van der Waals surface area contributed by atoms with E-state index >= 15 is 0 Å². The molecule has 0 fully saturated rings. The standard InChI is InChI=1S/C18H16ClNO/c1-3-12-5-4-6-15-16(10-20-17(12)15)18(21)13-7-11(2)8-14(19)9-13/h4-10,20H,3H2,1-2H3. The topological polar surface area (TPSA) is 32.9 Å². The third-order valence-electron chi connectivity index (χ3n) is 3.73. The van der Waals surface area contributed by atoms with Crippen LogP contribution in [0.15, 0.2) is 42.6 Å². The molecule has 0 aliphatic carbocycles. The molecule has 3 aromatic rings. The molecule has 21 heavy (non-hydrogen) atoms. The summed E-state index contributed by atoms with van der Waals surface area (Å²) in [6.45, 7) is 4.05. The van der Waals surface area contributed by atoms with Crippen molar-refractivity contribution in [2.24, 2.45) is 0 Å². The van der Waals surface area contributed by atoms with Gasteiger partial charge >= 0.3 is 0 Å². The molecule has 0 spiro atoms. The molecular weight excluding hydrogens is 282 g/mol. The Hall–Kier alpha value is -2.06. The van der Waals surface area contributed by atoms with Gasteiger partial charge in [-0.3, -0.25) is 4.79 Å². The van der Waals surface area contributed by atoms with Gasteiger partial charge in [0.15, 0.2) is 5.78 Å². The number of H-pyrrole nitrogens is 1. The van der Waals surface area contributed by atoms with Crippen LogP contribution < -0.4 is 0 Å². The van der Waals surface area contributed by atoms with E-state index in [1.165, 1.54) is 5.56 Å². The van der Waals surface area contributed by atoms with Crippen LogP contribution in [0.5, 0.6) is 0 Å². The van der Waals surface area contributed by atoms with Gasteiger partial charge in [-0.15, -0.1) is 0 Å². The molecule has 3 rings (SSSR count). The highest BCUT2D eigenvalue weighted by Gasteiger charge is 2.16. The number of hydrogen-bond donors (Lipinski definition) is 1. The number of rotatable bonds is 3. The zero-order chi connectivity index (χ0) is 15.0. The Morgan fingerprint density at radius 3 is 2.76 bits per heavy atom. The van der Waals surface area contributed by atoms with E-state index in [2.05, 4.69) is 18.0 Å². The lowest BCUT2D eigenvalue weighted by Gasteiger charge is -2.04. The predicted molar refractivity (Wildman–Crippen MR) is 87.3 cm³/mol. The number of halogens is 1. The normalized spacial score (nSPS) is 11.0. The number of carbonyl (C=O) groups is 1. The van der Waals surface area contributed by atoms with Crippen molar-refractivity contribution >= 4 is 28.3 Å². The molecule has 0 atom stereocenters. The fraction of sp³-hybridized carbons (Fsp3) is 0.167. The minimum Gasteiger partial charge on any atom is -0.360 e. The molecule has 0 unspecified atom stereocenters. The Balaban J connectivity index is 2.14. The molecule has 0 saturated heterocycles. The summed E-state index contributed by atoms with van der Waals surface area (Å²) in [5.41, 5.74) is 4.57. The van der Waals surface area contributed by atoms with Crippen molar-refractivity contribution in [1.82, 2.24) is 4.98 Å². The summed E-state index contributed by atoms with van der Waals surface area (Å²) in [5, 5.41) is 1.56. The van der Waals surface area contributed by atoms with Crippen LogP contribution >= 0.6 is 11.6 Å². The summed E-state index contributed by atoms with van der Waals surface area (Å²) in [6.07, 6.45) is 2.73. The Bertz CT molecular complexity index is 812. The maximum Gasteiger partial charge on any atom is 0.195 e. The fourth-order valence-corrected chi connectivity index (χ4v) is 3.01. The highest BCUT2D eigenvalue weighted by atomic mass is 35.5. The van der Waals surface area contributed by atoms with E-state index in [1.807, 2.05) is 31.2 Å². The second kappa shape index (κ2) is 5.38. The third-order valence-corrected chi connectivity index (χ3v) is 3.95. The molecule has 0 aliphatic rings. The van der Waals surface area contributed by atoms with Crippen LogP contribution in [-0.2, 0) is 6.42 Å². The van der Waals surface area contributed by atoms with Crippen LogP contribution in [0.3, 0.4) is 0 Å². The Morgan fingerprint density at radius 2 is 2.05 bits per heavy atom. The van der Waals surface area contributed by atoms with Gasteiger partial charge in [-0.05, 0) is 42.7 Å². The van der Waals surface area contributed by atoms with Crippen molar-refractivity contribution in [2.45, 2.75) is 20.3 Å². The quantitative estimate of drug-likeness (QED) is 0.684. The first-order chi connectivity index (χ1) is 10.1. The molecule has 0 radical (unpaired) electrons. The van der Waals surface area contributed by atoms with Crippen LogP contribution in [-0.4, -0.2) is 10.8 Å². The molecule has 1 N–H and O–H groups in total. The SMILES string of the molecule is CCc1cccc2c(C(=O)c3cc(C)cc(Cl)c3)c[nH]c12. The van der Waals surface area contributed by atoms with Gasteiger partial charge in [0.25, 0.3) is 0 Å². The van der Waals surface area contributed by atoms with Crippen molar-refractivity contribution in [1.29, 1.82) is 0 Å². The number of aromatic nitrogens is 1. The van der Waals surface area contributed by atoms with Gasteiger partial charge in [-0.2, -0.15) is 0 Å². The van der Waals surface area contributed by atoms with Crippen LogP contribution in [0.4, 0.5) is 0 Å². The Labute approximate surface area is 128 Å². The van der Waals surface area contributed by atoms with E-state index in [-0.39, 0.29) is 5.78 Å². The zero-order valence-electron chi connectivity index (χ0n) is 12.0. The summed E-state index contributed by atoms with van der Waals surface area (Å²) in [5.74, 6) is 0.0000954. The van der Waals surface area contributed by atoms with Crippen molar-refractivity contribution in [3.8, 4) is 0 Å². The summed E-state index contributed by atoms with van der Waals surface area (Å²) in [7, 11) is 0. The molecule has 0 bridgehead atoms. The molecule has 2 nitrogen and oxygen atoms in total. The van der Waals surface area contributed by atoms with E-state index in [0.717, 1.165) is 22.9 Å². The summed E-state index contributed by atoms with van der Waals surface area (Å²) >= 11 is 6.06.